The molecule has 1 aliphatic heterocycles. The van der Waals surface area contributed by atoms with E-state index in [0.717, 1.165) is 29.8 Å². The molecular formula is C22H27N5OS. The van der Waals surface area contributed by atoms with E-state index in [1.54, 1.807) is 11.3 Å². The number of benzene rings is 1. The summed E-state index contributed by atoms with van der Waals surface area (Å²) in [6.45, 7) is 4.00. The quantitative estimate of drug-likeness (QED) is 0.495. The van der Waals surface area contributed by atoms with Crippen LogP contribution in [0.1, 0.15) is 23.8 Å². The van der Waals surface area contributed by atoms with Crippen LogP contribution in [-0.4, -0.2) is 48.6 Å². The predicted octanol–water partition coefficient (Wildman–Crippen LogP) is 3.84. The third-order valence-electron chi connectivity index (χ3n) is 5.22. The van der Waals surface area contributed by atoms with Gasteiger partial charge in [-0.15, -0.1) is 11.3 Å². The van der Waals surface area contributed by atoms with E-state index in [0.29, 0.717) is 19.6 Å². The summed E-state index contributed by atoms with van der Waals surface area (Å²) in [5.41, 5.74) is 0.963. The highest BCUT2D eigenvalue weighted by Gasteiger charge is 2.24. The van der Waals surface area contributed by atoms with Gasteiger partial charge in [-0.25, -0.2) is 9.78 Å². The number of carbonyl (C=O) groups is 1. The Balaban J connectivity index is 1.21. The third-order valence-corrected chi connectivity index (χ3v) is 6.20. The lowest BCUT2D eigenvalue weighted by molar-refractivity contribution is 0.222. The van der Waals surface area contributed by atoms with Crippen LogP contribution in [0.3, 0.4) is 0 Å². The molecule has 1 aromatic carbocycles. The van der Waals surface area contributed by atoms with E-state index in [2.05, 4.69) is 43.3 Å². The number of para-hydroxylation sites is 1. The first-order chi connectivity index (χ1) is 14.3. The van der Waals surface area contributed by atoms with Crippen LogP contribution in [0.25, 0.3) is 10.9 Å². The number of urea groups is 1. The molecule has 1 atom stereocenters. The number of nitrogens with one attached hydrogen (secondary N) is 3. The van der Waals surface area contributed by atoms with Crippen molar-refractivity contribution in [2.45, 2.75) is 18.9 Å². The monoisotopic (exact) mass is 409 g/mol. The second kappa shape index (κ2) is 9.71. The van der Waals surface area contributed by atoms with Crippen molar-refractivity contribution in [3.63, 3.8) is 0 Å². The number of anilines is 1. The van der Waals surface area contributed by atoms with Gasteiger partial charge in [0.15, 0.2) is 0 Å². The van der Waals surface area contributed by atoms with Gasteiger partial charge in [0.1, 0.15) is 5.82 Å². The average molecular weight is 410 g/mol. The first-order valence-electron chi connectivity index (χ1n) is 10.2. The molecule has 3 heterocycles. The lowest BCUT2D eigenvalue weighted by Gasteiger charge is -2.26. The van der Waals surface area contributed by atoms with E-state index in [9.17, 15) is 4.79 Å². The molecule has 2 aromatic heterocycles. The van der Waals surface area contributed by atoms with Crippen LogP contribution in [0.2, 0.25) is 0 Å². The Kier molecular flexibility index (Phi) is 6.59. The number of fused-ring (bicyclic) bond motifs is 1. The van der Waals surface area contributed by atoms with Crippen molar-refractivity contribution in [1.82, 2.24) is 20.5 Å². The number of nitrogens with zero attached hydrogens (tertiary/aromatic N) is 2. The maximum Gasteiger partial charge on any atom is 0.314 e. The van der Waals surface area contributed by atoms with Crippen molar-refractivity contribution in [3.8, 4) is 0 Å². The fraction of sp³-hybridized carbons (Fsp3) is 0.364. The molecule has 0 bridgehead atoms. The van der Waals surface area contributed by atoms with Crippen LogP contribution < -0.4 is 16.0 Å². The number of aromatic nitrogens is 1. The molecule has 29 heavy (non-hydrogen) atoms. The molecule has 1 fully saturated rings. The van der Waals surface area contributed by atoms with Gasteiger partial charge in [-0.1, -0.05) is 24.3 Å². The van der Waals surface area contributed by atoms with Crippen molar-refractivity contribution >= 4 is 34.1 Å². The Morgan fingerprint density at radius 2 is 1.90 bits per heavy atom. The molecular weight excluding hydrogens is 382 g/mol. The molecule has 1 saturated heterocycles. The maximum absolute atomic E-state index is 12.2. The fourth-order valence-corrected chi connectivity index (χ4v) is 4.59. The van der Waals surface area contributed by atoms with Crippen LogP contribution in [0.5, 0.6) is 0 Å². The minimum atomic E-state index is -0.126. The lowest BCUT2D eigenvalue weighted by Crippen LogP contribution is -2.42. The van der Waals surface area contributed by atoms with E-state index in [-0.39, 0.29) is 12.1 Å². The maximum atomic E-state index is 12.2. The zero-order chi connectivity index (χ0) is 19.9. The van der Waals surface area contributed by atoms with Gasteiger partial charge in [-0.3, -0.25) is 4.90 Å². The number of rotatable bonds is 8. The summed E-state index contributed by atoms with van der Waals surface area (Å²) in [7, 11) is 0. The highest BCUT2D eigenvalue weighted by atomic mass is 32.1. The Bertz CT molecular complexity index is 924. The SMILES string of the molecule is O=C(NCCNc1ccc2ccccc2n1)NCC(c1cccs1)N1CCCC1. The molecule has 2 amide bonds. The summed E-state index contributed by atoms with van der Waals surface area (Å²) in [5.74, 6) is 0.817. The molecule has 3 aromatic rings. The van der Waals surface area contributed by atoms with Gasteiger partial charge < -0.3 is 16.0 Å². The summed E-state index contributed by atoms with van der Waals surface area (Å²) in [4.78, 5) is 20.6. The van der Waals surface area contributed by atoms with Crippen LogP contribution >= 0.6 is 11.3 Å². The van der Waals surface area contributed by atoms with E-state index in [1.165, 1.54) is 17.7 Å². The van der Waals surface area contributed by atoms with E-state index in [1.807, 2.05) is 36.4 Å². The van der Waals surface area contributed by atoms with Crippen molar-refractivity contribution in [3.05, 3.63) is 58.8 Å². The number of carbonyl (C=O) groups excluding carboxylic acids is 1. The average Bonchev–Trinajstić information content (AvgIpc) is 3.46. The Morgan fingerprint density at radius 3 is 2.72 bits per heavy atom. The largest absolute Gasteiger partial charge is 0.368 e. The normalized spacial score (nSPS) is 15.3. The molecule has 0 saturated carbocycles. The van der Waals surface area contributed by atoms with Crippen molar-refractivity contribution in [2.24, 2.45) is 0 Å². The number of thiophene rings is 1. The first kappa shape index (κ1) is 19.7. The predicted molar refractivity (Wildman–Crippen MR) is 120 cm³/mol. The van der Waals surface area contributed by atoms with E-state index < -0.39 is 0 Å². The number of hydrogen-bond donors (Lipinski definition) is 3. The van der Waals surface area contributed by atoms with Crippen LogP contribution in [0, 0.1) is 0 Å². The zero-order valence-electron chi connectivity index (χ0n) is 16.4. The lowest BCUT2D eigenvalue weighted by atomic mass is 10.2. The second-order valence-electron chi connectivity index (χ2n) is 7.23. The molecule has 0 spiro atoms. The van der Waals surface area contributed by atoms with Crippen LogP contribution in [0.15, 0.2) is 53.9 Å². The fourth-order valence-electron chi connectivity index (χ4n) is 3.73. The highest BCUT2D eigenvalue weighted by molar-refractivity contribution is 7.10. The Morgan fingerprint density at radius 1 is 1.03 bits per heavy atom. The smallest absolute Gasteiger partial charge is 0.314 e. The first-order valence-corrected chi connectivity index (χ1v) is 11.1. The molecule has 4 rings (SSSR count). The molecule has 3 N–H and O–H groups in total. The highest BCUT2D eigenvalue weighted by Crippen LogP contribution is 2.27. The number of amides is 2. The molecule has 0 radical (unpaired) electrons. The van der Waals surface area contributed by atoms with Crippen LogP contribution in [-0.2, 0) is 0 Å². The zero-order valence-corrected chi connectivity index (χ0v) is 17.3. The third kappa shape index (κ3) is 5.25. The van der Waals surface area contributed by atoms with Gasteiger partial charge in [0.05, 0.1) is 11.6 Å². The summed E-state index contributed by atoms with van der Waals surface area (Å²) in [5, 5.41) is 12.5. The summed E-state index contributed by atoms with van der Waals surface area (Å²) >= 11 is 1.76. The van der Waals surface area contributed by atoms with E-state index in [4.69, 9.17) is 0 Å². The molecule has 1 aliphatic rings. The topological polar surface area (TPSA) is 69.3 Å². The minimum Gasteiger partial charge on any atom is -0.368 e. The number of hydrogen-bond acceptors (Lipinski definition) is 5. The van der Waals surface area contributed by atoms with Gasteiger partial charge in [-0.2, -0.15) is 0 Å². The van der Waals surface area contributed by atoms with Gasteiger partial charge >= 0.3 is 6.03 Å². The van der Waals surface area contributed by atoms with Crippen molar-refractivity contribution < 1.29 is 4.79 Å². The van der Waals surface area contributed by atoms with Gasteiger partial charge in [-0.05, 0) is 55.6 Å². The van der Waals surface area contributed by atoms with Gasteiger partial charge in [0, 0.05) is 29.9 Å². The number of likely N-dealkylation sites (tertiary alicyclic amines) is 1. The summed E-state index contributed by atoms with van der Waals surface area (Å²) in [6.07, 6.45) is 2.48. The van der Waals surface area contributed by atoms with Gasteiger partial charge in [0.2, 0.25) is 0 Å². The van der Waals surface area contributed by atoms with E-state index >= 15 is 0 Å². The molecule has 6 nitrogen and oxygen atoms in total. The summed E-state index contributed by atoms with van der Waals surface area (Å²) in [6, 6.07) is 16.4. The Labute approximate surface area is 175 Å². The molecule has 1 unspecified atom stereocenters. The van der Waals surface area contributed by atoms with Crippen molar-refractivity contribution in [1.29, 1.82) is 0 Å². The van der Waals surface area contributed by atoms with Gasteiger partial charge in [0.25, 0.3) is 0 Å². The Hall–Kier alpha value is -2.64. The molecule has 7 heteroatoms. The minimum absolute atomic E-state index is 0.126. The summed E-state index contributed by atoms with van der Waals surface area (Å²) < 4.78 is 0. The van der Waals surface area contributed by atoms with Crippen LogP contribution in [0.4, 0.5) is 10.6 Å². The van der Waals surface area contributed by atoms with Crippen molar-refractivity contribution in [2.75, 3.05) is 38.0 Å². The number of pyridine rings is 1. The molecule has 0 aliphatic carbocycles. The second-order valence-corrected chi connectivity index (χ2v) is 8.21. The standard InChI is InChI=1S/C22H27N5OS/c28-22(25-16-19(20-8-5-15-29-20)27-13-3-4-14-27)24-12-11-23-21-10-9-17-6-1-2-7-18(17)26-21/h1-2,5-10,15,19H,3-4,11-14,16H2,(H,23,26)(H2,24,25,28). The molecule has 152 valence electrons.